The van der Waals surface area contributed by atoms with Crippen molar-refractivity contribution in [2.45, 2.75) is 38.0 Å². The van der Waals surface area contributed by atoms with Crippen molar-refractivity contribution in [3.05, 3.63) is 66.2 Å². The fourth-order valence-corrected chi connectivity index (χ4v) is 5.65. The highest BCUT2D eigenvalue weighted by Gasteiger charge is 2.21. The van der Waals surface area contributed by atoms with E-state index in [1.54, 1.807) is 13.8 Å². The van der Waals surface area contributed by atoms with Crippen LogP contribution in [0.3, 0.4) is 0 Å². The molecule has 35 heavy (non-hydrogen) atoms. The predicted octanol–water partition coefficient (Wildman–Crippen LogP) is 4.42. The SMILES string of the molecule is CCN(CC)S(=O)(=O)c1ccc(C(=O)Nc2ccc(-c3ccc(N4CCCCC4)nn3)cc2)cc1. The topological polar surface area (TPSA) is 95.5 Å². The largest absolute Gasteiger partial charge is 0.355 e. The van der Waals surface area contributed by atoms with Gasteiger partial charge in [0, 0.05) is 43.0 Å². The number of nitrogens with zero attached hydrogens (tertiary/aromatic N) is 4. The first-order chi connectivity index (χ1) is 16.9. The second-order valence-electron chi connectivity index (χ2n) is 8.47. The molecule has 9 heteroatoms. The first-order valence-electron chi connectivity index (χ1n) is 12.0. The molecule has 1 aliphatic heterocycles. The molecular weight excluding hydrogens is 462 g/mol. The first kappa shape index (κ1) is 24.8. The van der Waals surface area contributed by atoms with Crippen LogP contribution in [0.25, 0.3) is 11.3 Å². The molecule has 8 nitrogen and oxygen atoms in total. The average molecular weight is 494 g/mol. The van der Waals surface area contributed by atoms with Crippen LogP contribution in [0.4, 0.5) is 11.5 Å². The summed E-state index contributed by atoms with van der Waals surface area (Å²) >= 11 is 0. The second-order valence-corrected chi connectivity index (χ2v) is 10.4. The van der Waals surface area contributed by atoms with Crippen LogP contribution in [0.5, 0.6) is 0 Å². The van der Waals surface area contributed by atoms with Gasteiger partial charge in [-0.15, -0.1) is 10.2 Å². The summed E-state index contributed by atoms with van der Waals surface area (Å²) in [4.78, 5) is 15.1. The molecule has 3 aromatic rings. The van der Waals surface area contributed by atoms with Gasteiger partial charge >= 0.3 is 0 Å². The molecule has 1 aromatic heterocycles. The number of amides is 1. The molecule has 0 radical (unpaired) electrons. The summed E-state index contributed by atoms with van der Waals surface area (Å²) in [6.07, 6.45) is 3.65. The molecule has 184 valence electrons. The van der Waals surface area contributed by atoms with Crippen molar-refractivity contribution in [2.24, 2.45) is 0 Å². The average Bonchev–Trinajstić information content (AvgIpc) is 2.90. The Hall–Kier alpha value is -3.30. The highest BCUT2D eigenvalue weighted by Crippen LogP contribution is 2.23. The van der Waals surface area contributed by atoms with E-state index in [0.29, 0.717) is 24.3 Å². The number of sulfonamides is 1. The van der Waals surface area contributed by atoms with E-state index in [4.69, 9.17) is 0 Å². The molecular formula is C26H31N5O3S. The van der Waals surface area contributed by atoms with E-state index in [1.807, 2.05) is 36.4 Å². The van der Waals surface area contributed by atoms with Gasteiger partial charge in [-0.3, -0.25) is 4.79 Å². The maximum absolute atomic E-state index is 12.7. The number of nitrogens with one attached hydrogen (secondary N) is 1. The van der Waals surface area contributed by atoms with Crippen molar-refractivity contribution in [2.75, 3.05) is 36.4 Å². The van der Waals surface area contributed by atoms with Crippen LogP contribution >= 0.6 is 0 Å². The number of benzene rings is 2. The number of piperidine rings is 1. The zero-order chi connectivity index (χ0) is 24.8. The van der Waals surface area contributed by atoms with E-state index in [9.17, 15) is 13.2 Å². The lowest BCUT2D eigenvalue weighted by atomic mass is 10.1. The molecule has 0 unspecified atom stereocenters. The monoisotopic (exact) mass is 493 g/mol. The van der Waals surface area contributed by atoms with Crippen LogP contribution in [0.1, 0.15) is 43.5 Å². The minimum Gasteiger partial charge on any atom is -0.355 e. The smallest absolute Gasteiger partial charge is 0.255 e. The Kier molecular flexibility index (Phi) is 7.77. The Bertz CT molecular complexity index is 1230. The Morgan fingerprint density at radius 2 is 1.54 bits per heavy atom. The molecule has 1 saturated heterocycles. The van der Waals surface area contributed by atoms with Crippen LogP contribution in [0.2, 0.25) is 0 Å². The van der Waals surface area contributed by atoms with Crippen LogP contribution in [0, 0.1) is 0 Å². The van der Waals surface area contributed by atoms with Crippen molar-refractivity contribution in [1.29, 1.82) is 0 Å². The van der Waals surface area contributed by atoms with Crippen molar-refractivity contribution in [3.63, 3.8) is 0 Å². The molecule has 0 saturated carbocycles. The van der Waals surface area contributed by atoms with Gasteiger partial charge in [0.2, 0.25) is 10.0 Å². The lowest BCUT2D eigenvalue weighted by Crippen LogP contribution is -2.30. The summed E-state index contributed by atoms with van der Waals surface area (Å²) in [5, 5.41) is 11.6. The Balaban J connectivity index is 1.40. The maximum atomic E-state index is 12.7. The molecule has 1 amide bonds. The van der Waals surface area contributed by atoms with E-state index in [2.05, 4.69) is 20.4 Å². The maximum Gasteiger partial charge on any atom is 0.255 e. The minimum atomic E-state index is -3.56. The number of aromatic nitrogens is 2. The molecule has 0 aliphatic carbocycles. The Morgan fingerprint density at radius 1 is 0.886 bits per heavy atom. The summed E-state index contributed by atoms with van der Waals surface area (Å²) in [5.74, 6) is 0.600. The first-order valence-corrected chi connectivity index (χ1v) is 13.5. The predicted molar refractivity (Wildman–Crippen MR) is 138 cm³/mol. The van der Waals surface area contributed by atoms with Crippen LogP contribution < -0.4 is 10.2 Å². The van der Waals surface area contributed by atoms with E-state index < -0.39 is 10.0 Å². The van der Waals surface area contributed by atoms with E-state index in [-0.39, 0.29) is 10.8 Å². The zero-order valence-electron chi connectivity index (χ0n) is 20.1. The van der Waals surface area contributed by atoms with Crippen LogP contribution in [-0.2, 0) is 10.0 Å². The van der Waals surface area contributed by atoms with Crippen LogP contribution in [-0.4, -0.2) is 55.0 Å². The molecule has 2 heterocycles. The van der Waals surface area contributed by atoms with Gasteiger partial charge in [-0.2, -0.15) is 4.31 Å². The zero-order valence-corrected chi connectivity index (χ0v) is 21.0. The number of hydrogen-bond acceptors (Lipinski definition) is 6. The summed E-state index contributed by atoms with van der Waals surface area (Å²) < 4.78 is 26.6. The van der Waals surface area contributed by atoms with Crippen LogP contribution in [0.15, 0.2) is 65.6 Å². The van der Waals surface area contributed by atoms with Crippen molar-refractivity contribution < 1.29 is 13.2 Å². The van der Waals surface area contributed by atoms with Gasteiger partial charge in [-0.1, -0.05) is 26.0 Å². The molecule has 1 aliphatic rings. The number of anilines is 2. The normalized spacial score (nSPS) is 14.2. The second kappa shape index (κ2) is 11.0. The van der Waals surface area contributed by atoms with Gasteiger partial charge in [0.1, 0.15) is 0 Å². The third-order valence-corrected chi connectivity index (χ3v) is 8.29. The number of hydrogen-bond donors (Lipinski definition) is 1. The fraction of sp³-hybridized carbons (Fsp3) is 0.346. The molecule has 2 aromatic carbocycles. The molecule has 1 fully saturated rings. The van der Waals surface area contributed by atoms with Gasteiger partial charge in [-0.05, 0) is 67.8 Å². The lowest BCUT2D eigenvalue weighted by molar-refractivity contribution is 0.102. The Morgan fingerprint density at radius 3 is 2.11 bits per heavy atom. The molecule has 4 rings (SSSR count). The third kappa shape index (κ3) is 5.68. The standard InChI is InChI=1S/C26H31N5O3S/c1-3-31(4-2)35(33,34)23-14-10-21(11-15-23)26(32)27-22-12-8-20(9-13-22)24-16-17-25(29-28-24)30-18-6-5-7-19-30/h8-17H,3-7,18-19H2,1-2H3,(H,27,32). The van der Waals surface area contributed by atoms with Gasteiger partial charge in [0.05, 0.1) is 10.6 Å². The summed E-state index contributed by atoms with van der Waals surface area (Å²) in [6, 6.07) is 17.4. The Labute approximate surface area is 207 Å². The summed E-state index contributed by atoms with van der Waals surface area (Å²) in [5.41, 5.74) is 2.70. The van der Waals surface area contributed by atoms with E-state index in [0.717, 1.165) is 30.2 Å². The number of rotatable bonds is 8. The third-order valence-electron chi connectivity index (χ3n) is 6.23. The minimum absolute atomic E-state index is 0.175. The number of carbonyl (C=O) groups is 1. The summed E-state index contributed by atoms with van der Waals surface area (Å²) in [7, 11) is -3.56. The highest BCUT2D eigenvalue weighted by atomic mass is 32.2. The number of carbonyl (C=O) groups excluding carboxylic acids is 1. The van der Waals surface area contributed by atoms with Gasteiger partial charge < -0.3 is 10.2 Å². The lowest BCUT2D eigenvalue weighted by Gasteiger charge is -2.27. The van der Waals surface area contributed by atoms with Gasteiger partial charge in [0.25, 0.3) is 5.91 Å². The van der Waals surface area contributed by atoms with Gasteiger partial charge in [0.15, 0.2) is 5.82 Å². The summed E-state index contributed by atoms with van der Waals surface area (Å²) in [6.45, 7) is 6.43. The molecule has 0 spiro atoms. The fourth-order valence-electron chi connectivity index (χ4n) is 4.19. The van der Waals surface area contributed by atoms with Crippen molar-refractivity contribution in [1.82, 2.24) is 14.5 Å². The van der Waals surface area contributed by atoms with E-state index >= 15 is 0 Å². The highest BCUT2D eigenvalue weighted by molar-refractivity contribution is 7.89. The van der Waals surface area contributed by atoms with E-state index in [1.165, 1.54) is 47.8 Å². The molecule has 0 bridgehead atoms. The van der Waals surface area contributed by atoms with Crippen molar-refractivity contribution in [3.8, 4) is 11.3 Å². The van der Waals surface area contributed by atoms with Crippen molar-refractivity contribution >= 4 is 27.4 Å². The van der Waals surface area contributed by atoms with Gasteiger partial charge in [-0.25, -0.2) is 8.42 Å². The quantitative estimate of drug-likeness (QED) is 0.499. The molecule has 0 atom stereocenters. The molecule has 1 N–H and O–H groups in total.